The van der Waals surface area contributed by atoms with Crippen molar-refractivity contribution >= 4 is 28.7 Å². The van der Waals surface area contributed by atoms with Crippen molar-refractivity contribution in [3.8, 4) is 11.8 Å². The lowest BCUT2D eigenvalue weighted by Crippen LogP contribution is -2.11. The summed E-state index contributed by atoms with van der Waals surface area (Å²) in [6.45, 7) is 2.03. The van der Waals surface area contributed by atoms with Crippen LogP contribution in [-0.4, -0.2) is 12.9 Å². The summed E-state index contributed by atoms with van der Waals surface area (Å²) in [6, 6.07) is 10.7. The summed E-state index contributed by atoms with van der Waals surface area (Å²) in [4.78, 5) is 14.3. The Balaban J connectivity index is 2.42. The van der Waals surface area contributed by atoms with Gasteiger partial charge in [-0.05, 0) is 36.8 Å². The number of rotatable bonds is 5. The minimum atomic E-state index is -0.915. The van der Waals surface area contributed by atoms with Crippen LogP contribution in [0.5, 0.6) is 5.75 Å². The Hall–Kier alpha value is -1.83. The van der Waals surface area contributed by atoms with Gasteiger partial charge in [0.15, 0.2) is 5.78 Å². The van der Waals surface area contributed by atoms with E-state index in [-0.39, 0.29) is 5.78 Å². The molecular weight excluding hydrogens is 306 g/mol. The Labute approximate surface area is 132 Å². The Morgan fingerprint density at radius 2 is 2.19 bits per heavy atom. The average Bonchev–Trinajstić information content (AvgIpc) is 2.97. The summed E-state index contributed by atoms with van der Waals surface area (Å²) in [5.74, 6) is -0.642. The van der Waals surface area contributed by atoms with Gasteiger partial charge in [-0.2, -0.15) is 5.26 Å². The van der Waals surface area contributed by atoms with Gasteiger partial charge < -0.3 is 4.74 Å². The number of halogens is 1. The van der Waals surface area contributed by atoms with Crippen LogP contribution in [-0.2, 0) is 6.42 Å². The smallest absolute Gasteiger partial charge is 0.194 e. The standard InChI is InChI=1S/C16H14ClNO2S/c1-3-11-5-7-15(21-11)16(19)13(9-18)12-8-10(17)4-6-14(12)20-2/h4-8,13H,3H2,1-2H3. The maximum atomic E-state index is 12.6. The lowest BCUT2D eigenvalue weighted by molar-refractivity contribution is 0.0981. The lowest BCUT2D eigenvalue weighted by atomic mass is 9.94. The van der Waals surface area contributed by atoms with Crippen LogP contribution in [0.1, 0.15) is 33.0 Å². The van der Waals surface area contributed by atoms with Crippen molar-refractivity contribution in [3.05, 3.63) is 50.7 Å². The second kappa shape index (κ2) is 6.75. The van der Waals surface area contributed by atoms with Crippen molar-refractivity contribution in [2.24, 2.45) is 0 Å². The largest absolute Gasteiger partial charge is 0.496 e. The fraction of sp³-hybridized carbons (Fsp3) is 0.250. The van der Waals surface area contributed by atoms with Crippen LogP contribution >= 0.6 is 22.9 Å². The number of benzene rings is 1. The van der Waals surface area contributed by atoms with Crippen molar-refractivity contribution in [1.29, 1.82) is 5.26 Å². The Bertz CT molecular complexity index is 703. The summed E-state index contributed by atoms with van der Waals surface area (Å²) in [7, 11) is 1.51. The minimum absolute atomic E-state index is 0.220. The third-order valence-corrected chi connectivity index (χ3v) is 4.63. The molecular formula is C16H14ClNO2S. The molecule has 2 aromatic rings. The first-order valence-electron chi connectivity index (χ1n) is 6.46. The molecule has 0 aliphatic carbocycles. The molecule has 0 aliphatic heterocycles. The molecule has 0 N–H and O–H groups in total. The quantitative estimate of drug-likeness (QED) is 0.764. The SMILES string of the molecule is CCc1ccc(C(=O)C(C#N)c2cc(Cl)ccc2OC)s1. The zero-order valence-electron chi connectivity index (χ0n) is 11.7. The number of carbonyl (C=O) groups is 1. The van der Waals surface area contributed by atoms with E-state index >= 15 is 0 Å². The van der Waals surface area contributed by atoms with Crippen molar-refractivity contribution < 1.29 is 9.53 Å². The highest BCUT2D eigenvalue weighted by molar-refractivity contribution is 7.14. The monoisotopic (exact) mass is 319 g/mol. The van der Waals surface area contributed by atoms with Gasteiger partial charge in [0.1, 0.15) is 11.7 Å². The molecule has 0 bridgehead atoms. The number of ether oxygens (including phenoxy) is 1. The average molecular weight is 320 g/mol. The van der Waals surface area contributed by atoms with Gasteiger partial charge in [0.05, 0.1) is 18.1 Å². The zero-order chi connectivity index (χ0) is 15.4. The number of thiophene rings is 1. The zero-order valence-corrected chi connectivity index (χ0v) is 13.3. The summed E-state index contributed by atoms with van der Waals surface area (Å²) in [6.07, 6.45) is 0.871. The molecule has 0 radical (unpaired) electrons. The molecule has 0 fully saturated rings. The van der Waals surface area contributed by atoms with Gasteiger partial charge in [-0.1, -0.05) is 18.5 Å². The molecule has 21 heavy (non-hydrogen) atoms. The maximum absolute atomic E-state index is 12.6. The summed E-state index contributed by atoms with van der Waals surface area (Å²) < 4.78 is 5.24. The van der Waals surface area contributed by atoms with E-state index in [9.17, 15) is 10.1 Å². The first-order valence-corrected chi connectivity index (χ1v) is 7.66. The van der Waals surface area contributed by atoms with Crippen molar-refractivity contribution in [2.75, 3.05) is 7.11 Å². The molecule has 0 amide bonds. The molecule has 1 atom stereocenters. The van der Waals surface area contributed by atoms with Gasteiger partial charge >= 0.3 is 0 Å². The number of nitriles is 1. The van der Waals surface area contributed by atoms with Gasteiger partial charge in [-0.25, -0.2) is 0 Å². The molecule has 1 aromatic carbocycles. The van der Waals surface area contributed by atoms with Crippen LogP contribution in [0.4, 0.5) is 0 Å². The van der Waals surface area contributed by atoms with E-state index < -0.39 is 5.92 Å². The Morgan fingerprint density at radius 3 is 2.76 bits per heavy atom. The highest BCUT2D eigenvalue weighted by Crippen LogP contribution is 2.33. The number of nitrogens with zero attached hydrogens (tertiary/aromatic N) is 1. The third kappa shape index (κ3) is 3.26. The van der Waals surface area contributed by atoms with Crippen LogP contribution in [0, 0.1) is 11.3 Å². The van der Waals surface area contributed by atoms with Crippen molar-refractivity contribution in [2.45, 2.75) is 19.3 Å². The summed E-state index contributed by atoms with van der Waals surface area (Å²) in [5.41, 5.74) is 0.504. The molecule has 0 saturated carbocycles. The second-order valence-electron chi connectivity index (χ2n) is 4.43. The topological polar surface area (TPSA) is 50.1 Å². The molecule has 1 heterocycles. The van der Waals surface area contributed by atoms with Crippen LogP contribution in [0.15, 0.2) is 30.3 Å². The highest BCUT2D eigenvalue weighted by Gasteiger charge is 2.26. The van der Waals surface area contributed by atoms with Crippen LogP contribution in [0.2, 0.25) is 5.02 Å². The van der Waals surface area contributed by atoms with E-state index in [1.807, 2.05) is 13.0 Å². The first kappa shape index (κ1) is 15.6. The number of Topliss-reactive ketones (excluding diaryl/α,β-unsaturated/α-hetero) is 1. The maximum Gasteiger partial charge on any atom is 0.194 e. The normalized spacial score (nSPS) is 11.7. The lowest BCUT2D eigenvalue weighted by Gasteiger charge is -2.12. The fourth-order valence-corrected chi connectivity index (χ4v) is 3.14. The number of ketones is 1. The van der Waals surface area contributed by atoms with E-state index in [1.54, 1.807) is 24.3 Å². The number of hydrogen-bond donors (Lipinski definition) is 0. The molecule has 1 aromatic heterocycles. The molecule has 0 spiro atoms. The number of carbonyl (C=O) groups excluding carboxylic acids is 1. The second-order valence-corrected chi connectivity index (χ2v) is 6.04. The van der Waals surface area contributed by atoms with Crippen LogP contribution in [0.25, 0.3) is 0 Å². The van der Waals surface area contributed by atoms with E-state index in [1.165, 1.54) is 18.4 Å². The molecule has 0 aliphatic rings. The fourth-order valence-electron chi connectivity index (χ4n) is 2.04. The molecule has 0 saturated heterocycles. The van der Waals surface area contributed by atoms with Gasteiger partial charge in [-0.3, -0.25) is 4.79 Å². The highest BCUT2D eigenvalue weighted by atomic mass is 35.5. The first-order chi connectivity index (χ1) is 10.1. The van der Waals surface area contributed by atoms with Gasteiger partial charge in [0.25, 0.3) is 0 Å². The van der Waals surface area contributed by atoms with Gasteiger partial charge in [0.2, 0.25) is 0 Å². The van der Waals surface area contributed by atoms with E-state index in [4.69, 9.17) is 16.3 Å². The van der Waals surface area contributed by atoms with Crippen molar-refractivity contribution in [3.63, 3.8) is 0 Å². The summed E-state index contributed by atoms with van der Waals surface area (Å²) in [5, 5.41) is 9.89. The van der Waals surface area contributed by atoms with Crippen LogP contribution < -0.4 is 4.74 Å². The van der Waals surface area contributed by atoms with Crippen LogP contribution in [0.3, 0.4) is 0 Å². The third-order valence-electron chi connectivity index (χ3n) is 3.15. The predicted molar refractivity (Wildman–Crippen MR) is 84.4 cm³/mol. The summed E-state index contributed by atoms with van der Waals surface area (Å²) >= 11 is 7.40. The number of aryl methyl sites for hydroxylation is 1. The molecule has 3 nitrogen and oxygen atoms in total. The van der Waals surface area contributed by atoms with Gasteiger partial charge in [0, 0.05) is 15.5 Å². The number of hydrogen-bond acceptors (Lipinski definition) is 4. The van der Waals surface area contributed by atoms with E-state index in [0.717, 1.165) is 11.3 Å². The molecule has 2 rings (SSSR count). The Morgan fingerprint density at radius 1 is 1.43 bits per heavy atom. The number of methoxy groups -OCH3 is 1. The van der Waals surface area contributed by atoms with E-state index in [0.29, 0.717) is 21.2 Å². The Kier molecular flexibility index (Phi) is 5.00. The molecule has 5 heteroatoms. The van der Waals surface area contributed by atoms with E-state index in [2.05, 4.69) is 6.07 Å². The predicted octanol–water partition coefficient (Wildman–Crippen LogP) is 4.46. The molecule has 108 valence electrons. The van der Waals surface area contributed by atoms with Crippen molar-refractivity contribution in [1.82, 2.24) is 0 Å². The van der Waals surface area contributed by atoms with Gasteiger partial charge in [-0.15, -0.1) is 11.3 Å². The molecule has 1 unspecified atom stereocenters. The minimum Gasteiger partial charge on any atom is -0.496 e.